The van der Waals surface area contributed by atoms with Crippen molar-refractivity contribution < 1.29 is 5.11 Å². The largest absolute Gasteiger partial charge is 0.508 e. The molecule has 0 unspecified atom stereocenters. The molecule has 2 N–H and O–H groups in total. The van der Waals surface area contributed by atoms with Crippen molar-refractivity contribution in [2.75, 3.05) is 0 Å². The summed E-state index contributed by atoms with van der Waals surface area (Å²) in [6, 6.07) is 7.14. The maximum Gasteiger partial charge on any atom is 0.116 e. The second-order valence-electron chi connectivity index (χ2n) is 3.89. The van der Waals surface area contributed by atoms with E-state index in [9.17, 15) is 5.11 Å². The summed E-state index contributed by atoms with van der Waals surface area (Å²) in [6.45, 7) is 4.18. The molecule has 0 bridgehead atoms. The average Bonchev–Trinajstić information content (AvgIpc) is 2.66. The summed E-state index contributed by atoms with van der Waals surface area (Å²) in [5.74, 6) is 1.62. The lowest BCUT2D eigenvalue weighted by molar-refractivity contribution is 0.475. The van der Waals surface area contributed by atoms with Crippen LogP contribution in [0.15, 0.2) is 30.5 Å². The fourth-order valence-electron chi connectivity index (χ4n) is 1.45. The Kier molecular flexibility index (Phi) is 2.46. The molecule has 0 aliphatic carbocycles. The molecule has 2 rings (SSSR count). The van der Waals surface area contributed by atoms with Gasteiger partial charge in [0.05, 0.1) is 11.9 Å². The number of aromatic nitrogens is 2. The van der Waals surface area contributed by atoms with E-state index in [2.05, 4.69) is 23.8 Å². The van der Waals surface area contributed by atoms with Crippen molar-refractivity contribution in [1.82, 2.24) is 9.97 Å². The Hall–Kier alpha value is -1.77. The van der Waals surface area contributed by atoms with Crippen molar-refractivity contribution in [3.63, 3.8) is 0 Å². The molecule has 78 valence electrons. The second kappa shape index (κ2) is 3.77. The van der Waals surface area contributed by atoms with E-state index in [1.54, 1.807) is 18.3 Å². The number of nitrogens with one attached hydrogen (secondary N) is 1. The van der Waals surface area contributed by atoms with Crippen molar-refractivity contribution in [2.45, 2.75) is 19.8 Å². The highest BCUT2D eigenvalue weighted by Crippen LogP contribution is 2.22. The molecule has 1 aromatic heterocycles. The van der Waals surface area contributed by atoms with Gasteiger partial charge in [0.15, 0.2) is 0 Å². The van der Waals surface area contributed by atoms with Gasteiger partial charge in [0.2, 0.25) is 0 Å². The highest BCUT2D eigenvalue weighted by atomic mass is 16.3. The fourth-order valence-corrected chi connectivity index (χ4v) is 1.45. The van der Waals surface area contributed by atoms with E-state index in [0.717, 1.165) is 17.1 Å². The molecule has 0 fully saturated rings. The van der Waals surface area contributed by atoms with Crippen LogP contribution in [-0.4, -0.2) is 15.1 Å². The first-order valence-corrected chi connectivity index (χ1v) is 5.01. The number of benzene rings is 1. The second-order valence-corrected chi connectivity index (χ2v) is 3.89. The van der Waals surface area contributed by atoms with Gasteiger partial charge in [0.25, 0.3) is 0 Å². The molecule has 2 aromatic rings. The number of rotatable bonds is 2. The number of aromatic hydroxyl groups is 1. The van der Waals surface area contributed by atoms with Crippen molar-refractivity contribution in [3.8, 4) is 17.0 Å². The van der Waals surface area contributed by atoms with Gasteiger partial charge in [-0.3, -0.25) is 0 Å². The van der Waals surface area contributed by atoms with Crippen LogP contribution >= 0.6 is 0 Å². The molecule has 0 radical (unpaired) electrons. The Bertz CT molecular complexity index is 460. The Labute approximate surface area is 88.8 Å². The Morgan fingerprint density at radius 1 is 1.33 bits per heavy atom. The predicted molar refractivity (Wildman–Crippen MR) is 59.8 cm³/mol. The van der Waals surface area contributed by atoms with Gasteiger partial charge in [0.1, 0.15) is 11.6 Å². The molecule has 1 aromatic carbocycles. The highest BCUT2D eigenvalue weighted by Gasteiger charge is 2.06. The average molecular weight is 202 g/mol. The van der Waals surface area contributed by atoms with Gasteiger partial charge >= 0.3 is 0 Å². The van der Waals surface area contributed by atoms with Crippen LogP contribution in [0, 0.1) is 0 Å². The van der Waals surface area contributed by atoms with Crippen LogP contribution in [-0.2, 0) is 0 Å². The predicted octanol–water partition coefficient (Wildman–Crippen LogP) is 2.91. The fraction of sp³-hybridized carbons (Fsp3) is 0.250. The van der Waals surface area contributed by atoms with Crippen LogP contribution in [0.4, 0.5) is 0 Å². The molecular weight excluding hydrogens is 188 g/mol. The zero-order valence-corrected chi connectivity index (χ0v) is 8.86. The molecule has 3 nitrogen and oxygen atoms in total. The van der Waals surface area contributed by atoms with Gasteiger partial charge in [-0.15, -0.1) is 0 Å². The molecule has 0 spiro atoms. The number of nitrogens with zero attached hydrogens (tertiary/aromatic N) is 1. The number of aromatic amines is 1. The Morgan fingerprint density at radius 2 is 2.13 bits per heavy atom. The van der Waals surface area contributed by atoms with Gasteiger partial charge in [-0.05, 0) is 12.1 Å². The lowest BCUT2D eigenvalue weighted by Crippen LogP contribution is -1.89. The molecule has 0 amide bonds. The van der Waals surface area contributed by atoms with Gasteiger partial charge in [-0.25, -0.2) is 4.98 Å². The van der Waals surface area contributed by atoms with E-state index in [4.69, 9.17) is 0 Å². The van der Waals surface area contributed by atoms with Crippen molar-refractivity contribution in [1.29, 1.82) is 0 Å². The summed E-state index contributed by atoms with van der Waals surface area (Å²) in [5.41, 5.74) is 1.89. The third-order valence-corrected chi connectivity index (χ3v) is 2.30. The van der Waals surface area contributed by atoms with Crippen molar-refractivity contribution in [3.05, 3.63) is 36.3 Å². The van der Waals surface area contributed by atoms with E-state index in [-0.39, 0.29) is 5.75 Å². The minimum absolute atomic E-state index is 0.271. The molecule has 1 heterocycles. The van der Waals surface area contributed by atoms with E-state index >= 15 is 0 Å². The number of H-pyrrole nitrogens is 1. The standard InChI is InChI=1S/C12H14N2O/c1-8(2)12-13-7-11(14-12)9-4-3-5-10(15)6-9/h3-8,15H,1-2H3,(H,13,14). The van der Waals surface area contributed by atoms with Crippen LogP contribution < -0.4 is 0 Å². The molecule has 3 heteroatoms. The van der Waals surface area contributed by atoms with Crippen molar-refractivity contribution >= 4 is 0 Å². The first-order chi connectivity index (χ1) is 7.16. The molecular formula is C12H14N2O. The Morgan fingerprint density at radius 3 is 2.73 bits per heavy atom. The topological polar surface area (TPSA) is 48.9 Å². The van der Waals surface area contributed by atoms with Crippen LogP contribution in [0.25, 0.3) is 11.3 Å². The first-order valence-electron chi connectivity index (χ1n) is 5.01. The number of imidazole rings is 1. The summed E-state index contributed by atoms with van der Waals surface area (Å²) in [5, 5.41) is 9.36. The Balaban J connectivity index is 2.37. The van der Waals surface area contributed by atoms with Crippen molar-refractivity contribution in [2.24, 2.45) is 0 Å². The quantitative estimate of drug-likeness (QED) is 0.786. The van der Waals surface area contributed by atoms with Crippen LogP contribution in [0.1, 0.15) is 25.6 Å². The van der Waals surface area contributed by atoms with Gasteiger partial charge in [0, 0.05) is 11.5 Å². The van der Waals surface area contributed by atoms with Gasteiger partial charge in [-0.1, -0.05) is 26.0 Å². The maximum absolute atomic E-state index is 9.36. The third-order valence-electron chi connectivity index (χ3n) is 2.30. The molecule has 15 heavy (non-hydrogen) atoms. The lowest BCUT2D eigenvalue weighted by atomic mass is 10.1. The van der Waals surface area contributed by atoms with Crippen LogP contribution in [0.2, 0.25) is 0 Å². The zero-order valence-electron chi connectivity index (χ0n) is 8.86. The lowest BCUT2D eigenvalue weighted by Gasteiger charge is -2.00. The van der Waals surface area contributed by atoms with Gasteiger partial charge in [-0.2, -0.15) is 0 Å². The molecule has 0 atom stereocenters. The van der Waals surface area contributed by atoms with E-state index in [1.807, 2.05) is 12.1 Å². The summed E-state index contributed by atoms with van der Waals surface area (Å²) in [4.78, 5) is 7.52. The van der Waals surface area contributed by atoms with E-state index in [0.29, 0.717) is 5.92 Å². The highest BCUT2D eigenvalue weighted by molar-refractivity contribution is 5.60. The van der Waals surface area contributed by atoms with E-state index < -0.39 is 0 Å². The smallest absolute Gasteiger partial charge is 0.116 e. The molecule has 0 saturated carbocycles. The molecule has 0 aliphatic heterocycles. The number of phenolic OH excluding ortho intramolecular Hbond substituents is 1. The number of hydrogen-bond acceptors (Lipinski definition) is 2. The summed E-state index contributed by atoms with van der Waals surface area (Å²) in [6.07, 6.45) is 1.80. The van der Waals surface area contributed by atoms with E-state index in [1.165, 1.54) is 0 Å². The normalized spacial score (nSPS) is 10.9. The van der Waals surface area contributed by atoms with Gasteiger partial charge < -0.3 is 10.1 Å². The summed E-state index contributed by atoms with van der Waals surface area (Å²) in [7, 11) is 0. The van der Waals surface area contributed by atoms with Crippen LogP contribution in [0.5, 0.6) is 5.75 Å². The third kappa shape index (κ3) is 2.01. The minimum atomic E-state index is 0.271. The summed E-state index contributed by atoms with van der Waals surface area (Å²) < 4.78 is 0. The number of phenols is 1. The SMILES string of the molecule is CC(C)c1ncc(-c2cccc(O)c2)[nH]1. The first kappa shape index (κ1) is 9.77. The molecule has 0 aliphatic rings. The monoisotopic (exact) mass is 202 g/mol. The zero-order chi connectivity index (χ0) is 10.8. The number of hydrogen-bond donors (Lipinski definition) is 2. The minimum Gasteiger partial charge on any atom is -0.508 e. The summed E-state index contributed by atoms with van der Waals surface area (Å²) >= 11 is 0. The maximum atomic E-state index is 9.36. The molecule has 0 saturated heterocycles. The van der Waals surface area contributed by atoms with Crippen LogP contribution in [0.3, 0.4) is 0 Å².